The van der Waals surface area contributed by atoms with E-state index in [2.05, 4.69) is 5.18 Å². The Morgan fingerprint density at radius 1 is 1.06 bits per heavy atom. The van der Waals surface area contributed by atoms with E-state index >= 15 is 0 Å². The Morgan fingerprint density at radius 3 is 2.50 bits per heavy atom. The van der Waals surface area contributed by atoms with E-state index in [9.17, 15) is 9.47 Å². The second-order valence-corrected chi connectivity index (χ2v) is 11.0. The Balaban J connectivity index is 1.44. The number of hydrogen-bond donors (Lipinski definition) is 0. The summed E-state index contributed by atoms with van der Waals surface area (Å²) in [4.78, 5) is 10.8. The fraction of sp³-hybridized carbons (Fsp3) is 0.308. The number of aryl methyl sites for hydroxylation is 3. The third-order valence-corrected chi connectivity index (χ3v) is 7.81. The molecule has 0 amide bonds. The lowest BCUT2D eigenvalue weighted by Gasteiger charge is -2.30. The number of ether oxygens (including phenoxy) is 1. The molecule has 0 radical (unpaired) electrons. The van der Waals surface area contributed by atoms with Crippen molar-refractivity contribution in [2.24, 2.45) is 5.18 Å². The number of rotatable bonds is 7. The fourth-order valence-corrected chi connectivity index (χ4v) is 5.88. The maximum atomic E-state index is 13.2. The van der Waals surface area contributed by atoms with E-state index in [1.54, 1.807) is 12.1 Å². The van der Waals surface area contributed by atoms with Crippen LogP contribution in [0.3, 0.4) is 0 Å². The van der Waals surface area contributed by atoms with Crippen LogP contribution in [0.4, 0.5) is 5.69 Å². The molecule has 6 nitrogen and oxygen atoms in total. The highest BCUT2D eigenvalue weighted by Gasteiger charge is 2.35. The van der Waals surface area contributed by atoms with Crippen LogP contribution < -0.4 is 4.74 Å². The summed E-state index contributed by atoms with van der Waals surface area (Å²) < 4.78 is 30.4. The van der Waals surface area contributed by atoms with Gasteiger partial charge in [0.05, 0.1) is 12.7 Å². The molecule has 2 atom stereocenters. The normalized spacial score (nSPS) is 20.2. The molecular formula is C26H27ClNO5P. The van der Waals surface area contributed by atoms with Crippen LogP contribution >= 0.6 is 19.2 Å². The molecule has 34 heavy (non-hydrogen) atoms. The zero-order chi connectivity index (χ0) is 24.3. The van der Waals surface area contributed by atoms with Crippen molar-refractivity contribution in [1.29, 1.82) is 0 Å². The maximum absolute atomic E-state index is 13.2. The molecule has 0 aliphatic carbocycles. The Hall–Kier alpha value is -2.50. The summed E-state index contributed by atoms with van der Waals surface area (Å²) in [6.07, 6.45) is 0.809. The minimum Gasteiger partial charge on any atom is -0.481 e. The Kier molecular flexibility index (Phi) is 7.54. The monoisotopic (exact) mass is 499 g/mol. The summed E-state index contributed by atoms with van der Waals surface area (Å²) in [6.45, 7) is 6.25. The first-order chi connectivity index (χ1) is 16.3. The summed E-state index contributed by atoms with van der Waals surface area (Å²) in [5, 5.41) is 3.65. The van der Waals surface area contributed by atoms with Crippen LogP contribution in [0, 0.1) is 25.7 Å². The topological polar surface area (TPSA) is 74.2 Å². The van der Waals surface area contributed by atoms with Crippen molar-refractivity contribution >= 4 is 24.9 Å². The highest BCUT2D eigenvalue weighted by molar-refractivity contribution is 7.53. The van der Waals surface area contributed by atoms with Crippen LogP contribution in [0.5, 0.6) is 5.75 Å². The Bertz CT molecular complexity index is 1240. The standard InChI is InChI=1S/C26H27ClNO5P/c1-17-12-23(13-18(2)24(17)14-20-7-8-25(28-29)19(3)11-20)31-16-34(30)32-10-9-26(33-34)21-5-4-6-22(27)15-21/h4-8,11-13,15,26H,9-10,14,16H2,1-3H3. The third-order valence-electron chi connectivity index (χ3n) is 5.98. The highest BCUT2D eigenvalue weighted by atomic mass is 35.5. The number of benzene rings is 3. The first-order valence-corrected chi connectivity index (χ1v) is 13.2. The second-order valence-electron chi connectivity index (χ2n) is 8.58. The lowest BCUT2D eigenvalue weighted by Crippen LogP contribution is -2.17. The Labute approximate surface area is 204 Å². The predicted octanol–water partition coefficient (Wildman–Crippen LogP) is 7.96. The summed E-state index contributed by atoms with van der Waals surface area (Å²) >= 11 is 6.09. The molecule has 1 aliphatic heterocycles. The van der Waals surface area contributed by atoms with Crippen LogP contribution in [0.2, 0.25) is 5.02 Å². The number of nitrogens with zero attached hydrogens (tertiary/aromatic N) is 1. The molecule has 1 aliphatic rings. The van der Waals surface area contributed by atoms with Gasteiger partial charge in [0, 0.05) is 11.4 Å². The van der Waals surface area contributed by atoms with Gasteiger partial charge in [0.2, 0.25) is 0 Å². The molecule has 2 unspecified atom stereocenters. The van der Waals surface area contributed by atoms with Gasteiger partial charge in [-0.1, -0.05) is 35.9 Å². The molecule has 0 spiro atoms. The van der Waals surface area contributed by atoms with Gasteiger partial charge in [-0.15, -0.1) is 4.91 Å². The lowest BCUT2D eigenvalue weighted by atomic mass is 9.95. The van der Waals surface area contributed by atoms with Crippen molar-refractivity contribution in [3.8, 4) is 5.75 Å². The largest absolute Gasteiger partial charge is 0.481 e. The Morgan fingerprint density at radius 2 is 1.82 bits per heavy atom. The van der Waals surface area contributed by atoms with Crippen LogP contribution in [0.25, 0.3) is 0 Å². The minimum absolute atomic E-state index is 0.165. The maximum Gasteiger partial charge on any atom is 0.368 e. The van der Waals surface area contributed by atoms with Crippen LogP contribution in [0.15, 0.2) is 59.8 Å². The second kappa shape index (κ2) is 10.4. The average Bonchev–Trinajstić information content (AvgIpc) is 2.80. The first-order valence-electron chi connectivity index (χ1n) is 11.1. The van der Waals surface area contributed by atoms with Crippen LogP contribution in [-0.4, -0.2) is 13.0 Å². The van der Waals surface area contributed by atoms with E-state index in [4.69, 9.17) is 25.4 Å². The zero-order valence-corrected chi connectivity index (χ0v) is 21.1. The van der Waals surface area contributed by atoms with E-state index in [1.807, 2.05) is 63.2 Å². The molecule has 1 fully saturated rings. The molecule has 3 aromatic carbocycles. The van der Waals surface area contributed by atoms with Crippen molar-refractivity contribution < 1.29 is 18.3 Å². The summed E-state index contributed by atoms with van der Waals surface area (Å²) in [7, 11) is -3.43. The van der Waals surface area contributed by atoms with E-state index in [0.717, 1.165) is 34.2 Å². The van der Waals surface area contributed by atoms with E-state index in [0.29, 0.717) is 29.5 Å². The number of nitroso groups, excluding NO2 is 1. The zero-order valence-electron chi connectivity index (χ0n) is 19.4. The molecule has 1 saturated heterocycles. The van der Waals surface area contributed by atoms with Gasteiger partial charge in [0.1, 0.15) is 11.4 Å². The lowest BCUT2D eigenvalue weighted by molar-refractivity contribution is 0.0725. The molecule has 178 valence electrons. The summed E-state index contributed by atoms with van der Waals surface area (Å²) in [5.74, 6) is 0.614. The fourth-order valence-electron chi connectivity index (χ4n) is 4.18. The summed E-state index contributed by atoms with van der Waals surface area (Å²) in [5.41, 5.74) is 6.59. The molecule has 4 rings (SSSR count). The first kappa shape index (κ1) is 24.6. The number of hydrogen-bond acceptors (Lipinski definition) is 6. The van der Waals surface area contributed by atoms with Gasteiger partial charge in [-0.25, -0.2) is 0 Å². The van der Waals surface area contributed by atoms with Gasteiger partial charge in [-0.3, -0.25) is 9.09 Å². The highest BCUT2D eigenvalue weighted by Crippen LogP contribution is 2.56. The van der Waals surface area contributed by atoms with Gasteiger partial charge >= 0.3 is 7.60 Å². The van der Waals surface area contributed by atoms with Crippen LogP contribution in [0.1, 0.15) is 45.9 Å². The number of halogens is 1. The van der Waals surface area contributed by atoms with Gasteiger partial charge in [0.25, 0.3) is 0 Å². The molecule has 0 bridgehead atoms. The SMILES string of the molecule is Cc1cc(Cc2c(C)cc(OCP3(=O)OCCC(c4cccc(Cl)c4)O3)cc2C)ccc1N=O. The van der Waals surface area contributed by atoms with Crippen molar-refractivity contribution in [2.75, 3.05) is 13.0 Å². The quantitative estimate of drug-likeness (QED) is 0.243. The van der Waals surface area contributed by atoms with Crippen molar-refractivity contribution in [1.82, 2.24) is 0 Å². The van der Waals surface area contributed by atoms with Gasteiger partial charge in [-0.05, 0) is 96.1 Å². The van der Waals surface area contributed by atoms with Crippen molar-refractivity contribution in [2.45, 2.75) is 39.7 Å². The molecule has 0 N–H and O–H groups in total. The molecule has 0 aromatic heterocycles. The van der Waals surface area contributed by atoms with Crippen molar-refractivity contribution in [3.63, 3.8) is 0 Å². The average molecular weight is 500 g/mol. The van der Waals surface area contributed by atoms with E-state index in [1.165, 1.54) is 5.56 Å². The van der Waals surface area contributed by atoms with E-state index in [-0.39, 0.29) is 12.5 Å². The van der Waals surface area contributed by atoms with Crippen LogP contribution in [-0.2, 0) is 20.0 Å². The van der Waals surface area contributed by atoms with E-state index < -0.39 is 7.60 Å². The molecule has 8 heteroatoms. The van der Waals surface area contributed by atoms with Gasteiger partial charge in [0.15, 0.2) is 6.35 Å². The molecule has 0 saturated carbocycles. The molecular weight excluding hydrogens is 473 g/mol. The summed E-state index contributed by atoms with van der Waals surface area (Å²) in [6, 6.07) is 16.9. The minimum atomic E-state index is -3.43. The van der Waals surface area contributed by atoms with Gasteiger partial charge in [-0.2, -0.15) is 0 Å². The smallest absolute Gasteiger partial charge is 0.368 e. The molecule has 3 aromatic rings. The van der Waals surface area contributed by atoms with Crippen molar-refractivity contribution in [3.05, 3.63) is 97.9 Å². The predicted molar refractivity (Wildman–Crippen MR) is 134 cm³/mol. The van der Waals surface area contributed by atoms with Gasteiger partial charge < -0.3 is 9.26 Å². The third kappa shape index (κ3) is 5.76. The molecule has 1 heterocycles.